The molecule has 0 radical (unpaired) electrons. The van der Waals surface area contributed by atoms with E-state index in [4.69, 9.17) is 0 Å². The lowest BCUT2D eigenvalue weighted by molar-refractivity contribution is 1.48. The number of benzene rings is 4. The van der Waals surface area contributed by atoms with Crippen LogP contribution in [0.1, 0.15) is 5.56 Å². The summed E-state index contributed by atoms with van der Waals surface area (Å²) in [6.45, 7) is 2.21. The van der Waals surface area contributed by atoms with Crippen molar-refractivity contribution >= 4 is 24.1 Å². The summed E-state index contributed by atoms with van der Waals surface area (Å²) in [6.07, 6.45) is 0. The highest BCUT2D eigenvalue weighted by Crippen LogP contribution is 2.40. The number of fused-ring (bicyclic) bond motifs is 1. The molecule has 0 heterocycles. The Morgan fingerprint density at radius 3 is 2.00 bits per heavy atom. The lowest BCUT2D eigenvalue weighted by Gasteiger charge is -2.17. The molecular weight excluding hydrogens is 287 g/mol. The van der Waals surface area contributed by atoms with Gasteiger partial charge in [0, 0.05) is 0 Å². The molecule has 0 nitrogen and oxygen atoms in total. The van der Waals surface area contributed by atoms with Crippen LogP contribution in [0.2, 0.25) is 0 Å². The molecule has 0 aliphatic rings. The first kappa shape index (κ1) is 14.8. The van der Waals surface area contributed by atoms with Crippen LogP contribution in [-0.2, 0) is 0 Å². The van der Waals surface area contributed by atoms with Gasteiger partial charge in [0.15, 0.2) is 0 Å². The second kappa shape index (κ2) is 6.01. The van der Waals surface area contributed by atoms with Gasteiger partial charge in [-0.25, -0.2) is 0 Å². The van der Waals surface area contributed by atoms with Crippen molar-refractivity contribution < 1.29 is 0 Å². The van der Waals surface area contributed by atoms with E-state index in [1.807, 2.05) is 0 Å². The van der Waals surface area contributed by atoms with Crippen molar-refractivity contribution in [3.05, 3.63) is 90.5 Å². The normalized spacial score (nSPS) is 10.9. The molecule has 0 bridgehead atoms. The van der Waals surface area contributed by atoms with Crippen LogP contribution in [0.5, 0.6) is 0 Å². The number of rotatable bonds is 2. The summed E-state index contributed by atoms with van der Waals surface area (Å²) in [4.78, 5) is 0. The van der Waals surface area contributed by atoms with Gasteiger partial charge in [-0.3, -0.25) is 0 Å². The zero-order valence-electron chi connectivity index (χ0n) is 14.1. The van der Waals surface area contributed by atoms with E-state index >= 15 is 0 Å². The molecule has 0 aliphatic heterocycles. The van der Waals surface area contributed by atoms with Crippen LogP contribution >= 0.6 is 0 Å². The fourth-order valence-electron chi connectivity index (χ4n) is 3.48. The molecule has 0 saturated carbocycles. The summed E-state index contributed by atoms with van der Waals surface area (Å²) < 4.78 is 0. The van der Waals surface area contributed by atoms with Crippen molar-refractivity contribution in [2.24, 2.45) is 0 Å². The Bertz CT molecular complexity index is 999. The molecule has 24 heavy (non-hydrogen) atoms. The summed E-state index contributed by atoms with van der Waals surface area (Å²) in [5.41, 5.74) is 7.82. The maximum absolute atomic E-state index is 2.30. The van der Waals surface area contributed by atoms with Crippen molar-refractivity contribution in [1.82, 2.24) is 0 Å². The van der Waals surface area contributed by atoms with Crippen LogP contribution in [-0.4, -0.2) is 7.85 Å². The van der Waals surface area contributed by atoms with E-state index < -0.39 is 0 Å². The van der Waals surface area contributed by atoms with Gasteiger partial charge in [0.1, 0.15) is 7.85 Å². The van der Waals surface area contributed by atoms with Gasteiger partial charge in [0.2, 0.25) is 0 Å². The zero-order chi connectivity index (χ0) is 16.5. The fraction of sp³-hybridized carbons (Fsp3) is 0.0435. The standard InChI is InChI=1S/C23H19B/c1-16-15-19-9-5-6-10-21(19)23(18-11-13-20(24)14-12-18)22(16)17-7-3-2-4-8-17/h2-15H,24H2,1H3. The van der Waals surface area contributed by atoms with Crippen LogP contribution in [0.3, 0.4) is 0 Å². The van der Waals surface area contributed by atoms with E-state index in [2.05, 4.69) is 99.7 Å². The molecule has 114 valence electrons. The van der Waals surface area contributed by atoms with E-state index in [1.54, 1.807) is 0 Å². The molecule has 0 unspecified atom stereocenters. The highest BCUT2D eigenvalue weighted by Gasteiger charge is 2.14. The van der Waals surface area contributed by atoms with Gasteiger partial charge in [-0.15, -0.1) is 0 Å². The van der Waals surface area contributed by atoms with Crippen molar-refractivity contribution in [2.45, 2.75) is 6.92 Å². The largest absolute Gasteiger partial charge is 0.139 e. The Hall–Kier alpha value is -2.80. The maximum Gasteiger partial charge on any atom is 0.139 e. The molecule has 4 rings (SSSR count). The molecule has 0 aromatic heterocycles. The first-order valence-electron chi connectivity index (χ1n) is 8.39. The summed E-state index contributed by atoms with van der Waals surface area (Å²) in [6, 6.07) is 30.6. The second-order valence-electron chi connectivity index (χ2n) is 6.40. The van der Waals surface area contributed by atoms with E-state index in [0.29, 0.717) is 0 Å². The van der Waals surface area contributed by atoms with Crippen LogP contribution in [0.15, 0.2) is 84.9 Å². The van der Waals surface area contributed by atoms with Crippen LogP contribution in [0, 0.1) is 6.92 Å². The molecule has 0 fully saturated rings. The van der Waals surface area contributed by atoms with Gasteiger partial charge in [0.05, 0.1) is 0 Å². The topological polar surface area (TPSA) is 0 Å². The lowest BCUT2D eigenvalue weighted by atomic mass is 9.85. The van der Waals surface area contributed by atoms with E-state index in [0.717, 1.165) is 0 Å². The van der Waals surface area contributed by atoms with Crippen molar-refractivity contribution in [2.75, 3.05) is 0 Å². The van der Waals surface area contributed by atoms with Gasteiger partial charge in [-0.2, -0.15) is 0 Å². The molecule has 1 heteroatoms. The molecular formula is C23H19B. The second-order valence-corrected chi connectivity index (χ2v) is 6.40. The quantitative estimate of drug-likeness (QED) is 0.469. The molecule has 0 atom stereocenters. The van der Waals surface area contributed by atoms with Crippen LogP contribution < -0.4 is 5.46 Å². The third kappa shape index (κ3) is 2.53. The van der Waals surface area contributed by atoms with Gasteiger partial charge < -0.3 is 0 Å². The predicted octanol–water partition coefficient (Wildman–Crippen LogP) is 4.74. The van der Waals surface area contributed by atoms with E-state index in [-0.39, 0.29) is 0 Å². The molecule has 0 N–H and O–H groups in total. The lowest BCUT2D eigenvalue weighted by Crippen LogP contribution is -2.00. The average molecular weight is 306 g/mol. The Balaban J connectivity index is 2.13. The van der Waals surface area contributed by atoms with Crippen LogP contribution in [0.4, 0.5) is 0 Å². The molecule has 0 amide bonds. The van der Waals surface area contributed by atoms with Gasteiger partial charge >= 0.3 is 0 Å². The highest BCUT2D eigenvalue weighted by molar-refractivity contribution is 6.32. The number of aryl methyl sites for hydroxylation is 1. The first-order valence-corrected chi connectivity index (χ1v) is 8.39. The van der Waals surface area contributed by atoms with Crippen molar-refractivity contribution in [3.8, 4) is 22.3 Å². The fourth-order valence-corrected chi connectivity index (χ4v) is 3.48. The molecule has 4 aromatic rings. The smallest absolute Gasteiger partial charge is 0.0889 e. The average Bonchev–Trinajstić information content (AvgIpc) is 2.62. The number of hydrogen-bond donors (Lipinski definition) is 0. The Morgan fingerprint density at radius 2 is 1.25 bits per heavy atom. The van der Waals surface area contributed by atoms with Crippen molar-refractivity contribution in [3.63, 3.8) is 0 Å². The summed E-state index contributed by atoms with van der Waals surface area (Å²) in [7, 11) is 2.14. The zero-order valence-corrected chi connectivity index (χ0v) is 14.1. The van der Waals surface area contributed by atoms with Crippen LogP contribution in [0.25, 0.3) is 33.0 Å². The minimum atomic E-state index is 1.27. The third-order valence-electron chi connectivity index (χ3n) is 4.65. The molecule has 0 aliphatic carbocycles. The Morgan fingerprint density at radius 1 is 0.625 bits per heavy atom. The highest BCUT2D eigenvalue weighted by atomic mass is 14.2. The maximum atomic E-state index is 2.30. The molecule has 0 spiro atoms. The Kier molecular flexibility index (Phi) is 3.70. The predicted molar refractivity (Wildman–Crippen MR) is 108 cm³/mol. The van der Waals surface area contributed by atoms with E-state index in [9.17, 15) is 0 Å². The van der Waals surface area contributed by atoms with Gasteiger partial charge in [0.25, 0.3) is 0 Å². The Labute approximate surface area is 144 Å². The summed E-state index contributed by atoms with van der Waals surface area (Å²) in [5, 5.41) is 2.61. The van der Waals surface area contributed by atoms with Crippen molar-refractivity contribution in [1.29, 1.82) is 0 Å². The van der Waals surface area contributed by atoms with Gasteiger partial charge in [-0.1, -0.05) is 90.4 Å². The third-order valence-corrected chi connectivity index (χ3v) is 4.65. The molecule has 4 aromatic carbocycles. The monoisotopic (exact) mass is 306 g/mol. The SMILES string of the molecule is Bc1ccc(-c2c(-c3ccccc3)c(C)cc3ccccc23)cc1. The number of hydrogen-bond acceptors (Lipinski definition) is 0. The molecule has 0 saturated heterocycles. The van der Waals surface area contributed by atoms with Gasteiger partial charge in [-0.05, 0) is 45.5 Å². The first-order chi connectivity index (χ1) is 11.7. The minimum absolute atomic E-state index is 1.27. The summed E-state index contributed by atoms with van der Waals surface area (Å²) >= 11 is 0. The van der Waals surface area contributed by atoms with E-state index in [1.165, 1.54) is 44.1 Å². The minimum Gasteiger partial charge on any atom is -0.0889 e. The summed E-state index contributed by atoms with van der Waals surface area (Å²) in [5.74, 6) is 0.